The van der Waals surface area contributed by atoms with E-state index in [1.807, 2.05) is 25.1 Å². The van der Waals surface area contributed by atoms with E-state index in [1.54, 1.807) is 0 Å². The quantitative estimate of drug-likeness (QED) is 0.696. The number of nitrogen functional groups attached to an aromatic ring is 1. The smallest absolute Gasteiger partial charge is 0.0863 e. The molecule has 1 heterocycles. The highest BCUT2D eigenvalue weighted by Crippen LogP contribution is 2.23. The van der Waals surface area contributed by atoms with Gasteiger partial charge < -0.3 is 20.9 Å². The minimum Gasteiger partial charge on any atom is -0.399 e. The first-order valence-corrected chi connectivity index (χ1v) is 5.99. The zero-order valence-electron chi connectivity index (χ0n) is 10.2. The summed E-state index contributed by atoms with van der Waals surface area (Å²) in [6.45, 7) is 3.84. The van der Waals surface area contributed by atoms with Gasteiger partial charge in [-0.25, -0.2) is 0 Å². The van der Waals surface area contributed by atoms with E-state index in [0.29, 0.717) is 32.6 Å². The van der Waals surface area contributed by atoms with E-state index in [9.17, 15) is 5.11 Å². The highest BCUT2D eigenvalue weighted by molar-refractivity contribution is 5.57. The van der Waals surface area contributed by atoms with Crippen LogP contribution >= 0.6 is 0 Å². The van der Waals surface area contributed by atoms with Crippen LogP contribution < -0.4 is 11.1 Å². The van der Waals surface area contributed by atoms with Crippen molar-refractivity contribution in [3.8, 4) is 0 Å². The maximum absolute atomic E-state index is 10.3. The van der Waals surface area contributed by atoms with E-state index in [0.717, 1.165) is 16.9 Å². The van der Waals surface area contributed by atoms with Gasteiger partial charge >= 0.3 is 0 Å². The van der Waals surface area contributed by atoms with E-state index in [-0.39, 0.29) is 0 Å². The number of rotatable bonds is 3. The fraction of sp³-hybridized carbons (Fsp3) is 0.538. The zero-order chi connectivity index (χ0) is 12.3. The summed E-state index contributed by atoms with van der Waals surface area (Å²) in [6, 6.07) is 5.74. The topological polar surface area (TPSA) is 67.5 Å². The molecule has 0 unspecified atom stereocenters. The van der Waals surface area contributed by atoms with Crippen LogP contribution in [0.25, 0.3) is 0 Å². The fourth-order valence-electron chi connectivity index (χ4n) is 2.07. The van der Waals surface area contributed by atoms with Crippen LogP contribution in [-0.2, 0) is 4.74 Å². The van der Waals surface area contributed by atoms with Crippen molar-refractivity contribution in [1.29, 1.82) is 0 Å². The van der Waals surface area contributed by atoms with Gasteiger partial charge in [-0.1, -0.05) is 0 Å². The van der Waals surface area contributed by atoms with Crippen LogP contribution in [-0.4, -0.2) is 30.5 Å². The molecule has 4 N–H and O–H groups in total. The third-order valence-corrected chi connectivity index (χ3v) is 3.28. The Labute approximate surface area is 102 Å². The summed E-state index contributed by atoms with van der Waals surface area (Å²) in [4.78, 5) is 0. The Balaban J connectivity index is 1.97. The van der Waals surface area contributed by atoms with Crippen molar-refractivity contribution >= 4 is 11.4 Å². The third-order valence-electron chi connectivity index (χ3n) is 3.28. The van der Waals surface area contributed by atoms with Gasteiger partial charge in [0.25, 0.3) is 0 Å². The number of hydrogen-bond acceptors (Lipinski definition) is 4. The second-order valence-electron chi connectivity index (χ2n) is 4.76. The summed E-state index contributed by atoms with van der Waals surface area (Å²) < 4.78 is 5.25. The fourth-order valence-corrected chi connectivity index (χ4v) is 2.07. The molecule has 1 aliphatic rings. The monoisotopic (exact) mass is 236 g/mol. The molecule has 0 atom stereocenters. The number of benzene rings is 1. The predicted molar refractivity (Wildman–Crippen MR) is 69.1 cm³/mol. The molecule has 4 heteroatoms. The number of nitrogens with one attached hydrogen (secondary N) is 1. The second kappa shape index (κ2) is 4.94. The molecular formula is C13H20N2O2. The van der Waals surface area contributed by atoms with Gasteiger partial charge in [-0.2, -0.15) is 0 Å². The van der Waals surface area contributed by atoms with Crippen LogP contribution in [0.2, 0.25) is 0 Å². The highest BCUT2D eigenvalue weighted by atomic mass is 16.5. The van der Waals surface area contributed by atoms with Gasteiger partial charge in [0.15, 0.2) is 0 Å². The predicted octanol–water partition coefficient (Wildman–Crippen LogP) is 1.53. The minimum atomic E-state index is -0.647. The van der Waals surface area contributed by atoms with Crippen LogP contribution in [0.3, 0.4) is 0 Å². The molecule has 1 aliphatic heterocycles. The van der Waals surface area contributed by atoms with Crippen LogP contribution in [0.5, 0.6) is 0 Å². The Bertz CT molecular complexity index is 387. The van der Waals surface area contributed by atoms with Gasteiger partial charge in [0.1, 0.15) is 0 Å². The summed E-state index contributed by atoms with van der Waals surface area (Å²) in [7, 11) is 0. The number of anilines is 2. The highest BCUT2D eigenvalue weighted by Gasteiger charge is 2.29. The van der Waals surface area contributed by atoms with Crippen molar-refractivity contribution in [3.63, 3.8) is 0 Å². The molecule has 0 aromatic heterocycles. The van der Waals surface area contributed by atoms with Crippen LogP contribution in [0.15, 0.2) is 18.2 Å². The minimum absolute atomic E-state index is 0.557. The molecule has 4 nitrogen and oxygen atoms in total. The largest absolute Gasteiger partial charge is 0.399 e. The third kappa shape index (κ3) is 3.11. The van der Waals surface area contributed by atoms with Crippen molar-refractivity contribution in [2.45, 2.75) is 25.4 Å². The Morgan fingerprint density at radius 2 is 2.12 bits per heavy atom. The van der Waals surface area contributed by atoms with E-state index >= 15 is 0 Å². The number of aryl methyl sites for hydroxylation is 1. The van der Waals surface area contributed by atoms with Crippen LogP contribution in [0, 0.1) is 6.92 Å². The molecule has 0 aliphatic carbocycles. The van der Waals surface area contributed by atoms with Crippen LogP contribution in [0.1, 0.15) is 18.4 Å². The van der Waals surface area contributed by atoms with E-state index in [2.05, 4.69) is 5.32 Å². The SMILES string of the molecule is Cc1cc(N)ccc1NCC1(O)CCOCC1. The van der Waals surface area contributed by atoms with Crippen molar-refractivity contribution < 1.29 is 9.84 Å². The maximum Gasteiger partial charge on any atom is 0.0863 e. The van der Waals surface area contributed by atoms with Gasteiger partial charge in [0.05, 0.1) is 5.60 Å². The zero-order valence-corrected chi connectivity index (χ0v) is 10.2. The first-order chi connectivity index (χ1) is 8.09. The number of ether oxygens (including phenoxy) is 1. The molecule has 1 aromatic carbocycles. The number of hydrogen-bond donors (Lipinski definition) is 3. The maximum atomic E-state index is 10.3. The van der Waals surface area contributed by atoms with E-state index < -0.39 is 5.60 Å². The second-order valence-corrected chi connectivity index (χ2v) is 4.76. The molecule has 0 spiro atoms. The molecule has 0 bridgehead atoms. The van der Waals surface area contributed by atoms with Gasteiger partial charge in [-0.15, -0.1) is 0 Å². The molecule has 1 saturated heterocycles. The van der Waals surface area contributed by atoms with Gasteiger partial charge in [-0.3, -0.25) is 0 Å². The van der Waals surface area contributed by atoms with Crippen LogP contribution in [0.4, 0.5) is 11.4 Å². The Hall–Kier alpha value is -1.26. The summed E-state index contributed by atoms with van der Waals surface area (Å²) in [5.41, 5.74) is 7.94. The molecule has 1 aromatic rings. The number of aliphatic hydroxyl groups is 1. The molecular weight excluding hydrogens is 216 g/mol. The van der Waals surface area contributed by atoms with Crippen molar-refractivity contribution in [1.82, 2.24) is 0 Å². The molecule has 1 fully saturated rings. The summed E-state index contributed by atoms with van der Waals surface area (Å²) >= 11 is 0. The summed E-state index contributed by atoms with van der Waals surface area (Å²) in [6.07, 6.45) is 1.38. The average Bonchev–Trinajstić information content (AvgIpc) is 2.29. The van der Waals surface area contributed by atoms with E-state index in [4.69, 9.17) is 10.5 Å². The van der Waals surface area contributed by atoms with Gasteiger partial charge in [0, 0.05) is 44.0 Å². The lowest BCUT2D eigenvalue weighted by Crippen LogP contribution is -2.42. The Morgan fingerprint density at radius 1 is 1.41 bits per heavy atom. The molecule has 2 rings (SSSR count). The normalized spacial score (nSPS) is 18.9. The summed E-state index contributed by atoms with van der Waals surface area (Å²) in [5.74, 6) is 0. The average molecular weight is 236 g/mol. The van der Waals surface area contributed by atoms with Gasteiger partial charge in [-0.05, 0) is 30.7 Å². The Kier molecular flexibility index (Phi) is 3.54. The lowest BCUT2D eigenvalue weighted by Gasteiger charge is -2.32. The summed E-state index contributed by atoms with van der Waals surface area (Å²) in [5, 5.41) is 13.6. The first-order valence-electron chi connectivity index (χ1n) is 5.99. The van der Waals surface area contributed by atoms with E-state index in [1.165, 1.54) is 0 Å². The molecule has 0 radical (unpaired) electrons. The molecule has 17 heavy (non-hydrogen) atoms. The Morgan fingerprint density at radius 3 is 2.76 bits per heavy atom. The van der Waals surface area contributed by atoms with Gasteiger partial charge in [0.2, 0.25) is 0 Å². The van der Waals surface area contributed by atoms with Crippen molar-refractivity contribution in [3.05, 3.63) is 23.8 Å². The van der Waals surface area contributed by atoms with Crippen molar-refractivity contribution in [2.24, 2.45) is 0 Å². The van der Waals surface area contributed by atoms with Crippen molar-refractivity contribution in [2.75, 3.05) is 30.8 Å². The molecule has 0 saturated carbocycles. The molecule has 0 amide bonds. The lowest BCUT2D eigenvalue weighted by atomic mass is 9.94. The first kappa shape index (κ1) is 12.2. The molecule has 94 valence electrons. The number of nitrogens with two attached hydrogens (primary N) is 1. The standard InChI is InChI=1S/C13H20N2O2/c1-10-8-11(14)2-3-12(10)15-9-13(16)4-6-17-7-5-13/h2-3,8,15-16H,4-7,9,14H2,1H3. The lowest BCUT2D eigenvalue weighted by molar-refractivity contribution is -0.0543.